The SMILES string of the molecule is O=C(C1CCCN1C(=O)Cc1cccs1)N1CCN(c2ccccc2[N+](=O)[O-])CC1. The molecule has 2 amide bonds. The van der Waals surface area contributed by atoms with Crippen LogP contribution in [0.3, 0.4) is 0 Å². The molecule has 2 fully saturated rings. The standard InChI is InChI=1S/C21H24N4O4S/c26-20(15-16-5-4-14-30-16)24-9-3-8-19(24)21(27)23-12-10-22(11-13-23)17-6-1-2-7-18(17)25(28)29/h1-2,4-7,14,19H,3,8-13,15H2. The Bertz CT molecular complexity index is 925. The highest BCUT2D eigenvalue weighted by atomic mass is 32.1. The third-order valence-electron chi connectivity index (χ3n) is 5.77. The summed E-state index contributed by atoms with van der Waals surface area (Å²) in [5.41, 5.74) is 0.668. The summed E-state index contributed by atoms with van der Waals surface area (Å²) >= 11 is 1.55. The molecule has 4 rings (SSSR count). The first kappa shape index (κ1) is 20.3. The number of nitrogens with zero attached hydrogens (tertiary/aromatic N) is 4. The third kappa shape index (κ3) is 4.16. The Balaban J connectivity index is 1.38. The van der Waals surface area contributed by atoms with Crippen LogP contribution in [0.25, 0.3) is 0 Å². The van der Waals surface area contributed by atoms with Gasteiger partial charge in [-0.15, -0.1) is 11.3 Å². The molecule has 0 spiro atoms. The number of carbonyl (C=O) groups excluding carboxylic acids is 2. The van der Waals surface area contributed by atoms with Crippen molar-refractivity contribution < 1.29 is 14.5 Å². The molecule has 1 atom stereocenters. The fourth-order valence-corrected chi connectivity index (χ4v) is 4.95. The van der Waals surface area contributed by atoms with E-state index in [0.717, 1.165) is 11.3 Å². The second-order valence-electron chi connectivity index (χ2n) is 7.56. The van der Waals surface area contributed by atoms with E-state index >= 15 is 0 Å². The van der Waals surface area contributed by atoms with E-state index in [2.05, 4.69) is 0 Å². The molecule has 2 aliphatic heterocycles. The summed E-state index contributed by atoms with van der Waals surface area (Å²) in [5, 5.41) is 13.3. The lowest BCUT2D eigenvalue weighted by atomic mass is 10.1. The number of thiophene rings is 1. The molecule has 2 saturated heterocycles. The number of anilines is 1. The van der Waals surface area contributed by atoms with Crippen molar-refractivity contribution in [3.8, 4) is 0 Å². The molecular formula is C21H24N4O4S. The molecule has 0 N–H and O–H groups in total. The average Bonchev–Trinajstić information content (AvgIpc) is 3.45. The van der Waals surface area contributed by atoms with E-state index in [4.69, 9.17) is 0 Å². The number of hydrogen-bond donors (Lipinski definition) is 0. The molecule has 1 aromatic heterocycles. The Morgan fingerprint density at radius 3 is 2.53 bits per heavy atom. The van der Waals surface area contributed by atoms with Crippen molar-refractivity contribution in [2.24, 2.45) is 0 Å². The summed E-state index contributed by atoms with van der Waals surface area (Å²) in [5.74, 6) is 0.00101. The molecule has 158 valence electrons. The van der Waals surface area contributed by atoms with Gasteiger partial charge < -0.3 is 14.7 Å². The topological polar surface area (TPSA) is 87.0 Å². The van der Waals surface area contributed by atoms with Gasteiger partial charge in [-0.25, -0.2) is 0 Å². The predicted octanol–water partition coefficient (Wildman–Crippen LogP) is 2.54. The van der Waals surface area contributed by atoms with E-state index in [1.807, 2.05) is 22.4 Å². The van der Waals surface area contributed by atoms with Gasteiger partial charge in [-0.2, -0.15) is 0 Å². The second-order valence-corrected chi connectivity index (χ2v) is 8.59. The van der Waals surface area contributed by atoms with E-state index < -0.39 is 6.04 Å². The van der Waals surface area contributed by atoms with Crippen LogP contribution < -0.4 is 4.90 Å². The quantitative estimate of drug-likeness (QED) is 0.540. The van der Waals surface area contributed by atoms with Crippen LogP contribution in [0, 0.1) is 10.1 Å². The van der Waals surface area contributed by atoms with Crippen LogP contribution in [0.2, 0.25) is 0 Å². The zero-order valence-electron chi connectivity index (χ0n) is 16.6. The van der Waals surface area contributed by atoms with E-state index in [-0.39, 0.29) is 22.4 Å². The lowest BCUT2D eigenvalue weighted by Crippen LogP contribution is -2.54. The van der Waals surface area contributed by atoms with E-state index in [1.54, 1.807) is 39.3 Å². The summed E-state index contributed by atoms with van der Waals surface area (Å²) in [6, 6.07) is 10.2. The molecule has 0 saturated carbocycles. The van der Waals surface area contributed by atoms with Gasteiger partial charge in [-0.3, -0.25) is 19.7 Å². The fraction of sp³-hybridized carbons (Fsp3) is 0.429. The van der Waals surface area contributed by atoms with Gasteiger partial charge in [0.05, 0.1) is 11.3 Å². The first-order valence-electron chi connectivity index (χ1n) is 10.1. The summed E-state index contributed by atoms with van der Waals surface area (Å²) < 4.78 is 0. The molecule has 1 unspecified atom stereocenters. The molecule has 3 heterocycles. The Kier molecular flexibility index (Phi) is 5.98. The van der Waals surface area contributed by atoms with Crippen molar-refractivity contribution in [1.29, 1.82) is 0 Å². The molecule has 2 aliphatic rings. The van der Waals surface area contributed by atoms with Crippen LogP contribution in [0.4, 0.5) is 11.4 Å². The van der Waals surface area contributed by atoms with Crippen LogP contribution in [-0.4, -0.2) is 65.3 Å². The summed E-state index contributed by atoms with van der Waals surface area (Å²) in [7, 11) is 0. The van der Waals surface area contributed by atoms with Crippen LogP contribution in [0.15, 0.2) is 41.8 Å². The highest BCUT2D eigenvalue weighted by molar-refractivity contribution is 7.10. The molecule has 8 nitrogen and oxygen atoms in total. The molecule has 0 bridgehead atoms. The number of amides is 2. The van der Waals surface area contributed by atoms with Gasteiger partial charge >= 0.3 is 0 Å². The van der Waals surface area contributed by atoms with Gasteiger partial charge in [0.1, 0.15) is 11.7 Å². The van der Waals surface area contributed by atoms with Gasteiger partial charge in [0.2, 0.25) is 11.8 Å². The van der Waals surface area contributed by atoms with E-state index in [1.165, 1.54) is 6.07 Å². The van der Waals surface area contributed by atoms with Gasteiger partial charge in [0.15, 0.2) is 0 Å². The predicted molar refractivity (Wildman–Crippen MR) is 115 cm³/mol. The Morgan fingerprint density at radius 2 is 1.83 bits per heavy atom. The number of nitro benzene ring substituents is 1. The summed E-state index contributed by atoms with van der Waals surface area (Å²) in [6.45, 7) is 2.68. The van der Waals surface area contributed by atoms with Crippen molar-refractivity contribution in [1.82, 2.24) is 9.80 Å². The first-order chi connectivity index (χ1) is 14.5. The molecule has 30 heavy (non-hydrogen) atoms. The zero-order chi connectivity index (χ0) is 21.1. The van der Waals surface area contributed by atoms with Crippen molar-refractivity contribution in [2.75, 3.05) is 37.6 Å². The number of likely N-dealkylation sites (tertiary alicyclic amines) is 1. The number of hydrogen-bond acceptors (Lipinski definition) is 6. The Morgan fingerprint density at radius 1 is 1.07 bits per heavy atom. The summed E-state index contributed by atoms with van der Waals surface area (Å²) in [4.78, 5) is 43.3. The number of piperazine rings is 1. The Labute approximate surface area is 178 Å². The normalized spacial score (nSPS) is 19.2. The van der Waals surface area contributed by atoms with Gasteiger partial charge in [0, 0.05) is 43.7 Å². The van der Waals surface area contributed by atoms with Crippen LogP contribution in [0.1, 0.15) is 17.7 Å². The minimum absolute atomic E-state index is 0.00533. The molecule has 0 radical (unpaired) electrons. The molecule has 0 aliphatic carbocycles. The van der Waals surface area contributed by atoms with Gasteiger partial charge in [-0.05, 0) is 30.4 Å². The lowest BCUT2D eigenvalue weighted by molar-refractivity contribution is -0.384. The highest BCUT2D eigenvalue weighted by Crippen LogP contribution is 2.29. The van der Waals surface area contributed by atoms with Crippen LogP contribution in [-0.2, 0) is 16.0 Å². The van der Waals surface area contributed by atoms with Crippen molar-refractivity contribution in [3.63, 3.8) is 0 Å². The van der Waals surface area contributed by atoms with E-state index in [9.17, 15) is 19.7 Å². The van der Waals surface area contributed by atoms with E-state index in [0.29, 0.717) is 51.3 Å². The van der Waals surface area contributed by atoms with Gasteiger partial charge in [0.25, 0.3) is 5.69 Å². The second kappa shape index (κ2) is 8.83. The summed E-state index contributed by atoms with van der Waals surface area (Å²) in [6.07, 6.45) is 1.87. The van der Waals surface area contributed by atoms with Gasteiger partial charge in [-0.1, -0.05) is 18.2 Å². The average molecular weight is 429 g/mol. The largest absolute Gasteiger partial charge is 0.362 e. The van der Waals surface area contributed by atoms with Crippen molar-refractivity contribution in [3.05, 3.63) is 56.8 Å². The van der Waals surface area contributed by atoms with Crippen LogP contribution in [0.5, 0.6) is 0 Å². The number of carbonyl (C=O) groups is 2. The fourth-order valence-electron chi connectivity index (χ4n) is 4.25. The van der Waals surface area contributed by atoms with Crippen molar-refractivity contribution >= 4 is 34.5 Å². The first-order valence-corrected chi connectivity index (χ1v) is 11.0. The maximum absolute atomic E-state index is 13.1. The highest BCUT2D eigenvalue weighted by Gasteiger charge is 2.37. The smallest absolute Gasteiger partial charge is 0.292 e. The molecule has 1 aromatic carbocycles. The number of para-hydroxylation sites is 2. The number of nitro groups is 1. The Hall–Kier alpha value is -2.94. The number of rotatable bonds is 5. The van der Waals surface area contributed by atoms with Crippen molar-refractivity contribution in [2.45, 2.75) is 25.3 Å². The third-order valence-corrected chi connectivity index (χ3v) is 6.65. The maximum atomic E-state index is 13.1. The lowest BCUT2D eigenvalue weighted by Gasteiger charge is -2.38. The monoisotopic (exact) mass is 428 g/mol. The molecule has 2 aromatic rings. The maximum Gasteiger partial charge on any atom is 0.292 e. The van der Waals surface area contributed by atoms with Crippen LogP contribution >= 0.6 is 11.3 Å². The minimum atomic E-state index is -0.393. The zero-order valence-corrected chi connectivity index (χ0v) is 17.4. The molecule has 9 heteroatoms. The number of benzene rings is 1. The molecular weight excluding hydrogens is 404 g/mol. The minimum Gasteiger partial charge on any atom is -0.362 e.